The summed E-state index contributed by atoms with van der Waals surface area (Å²) in [4.78, 5) is 14.5. The summed E-state index contributed by atoms with van der Waals surface area (Å²) in [6, 6.07) is 6.33. The van der Waals surface area contributed by atoms with Crippen molar-refractivity contribution in [3.8, 4) is 0 Å². The van der Waals surface area contributed by atoms with Gasteiger partial charge in [-0.2, -0.15) is 0 Å². The average molecular weight is 261 g/mol. The molecule has 1 amide bonds. The van der Waals surface area contributed by atoms with Crippen molar-refractivity contribution in [2.45, 2.75) is 25.8 Å². The summed E-state index contributed by atoms with van der Waals surface area (Å²) in [6.45, 7) is 3.88. The molecule has 1 unspecified atom stereocenters. The first-order valence-electron chi connectivity index (χ1n) is 6.88. The van der Waals surface area contributed by atoms with Crippen molar-refractivity contribution in [1.82, 2.24) is 10.2 Å². The highest BCUT2D eigenvalue weighted by atomic mass is 16.1. The molecule has 2 rings (SSSR count). The van der Waals surface area contributed by atoms with E-state index in [0.29, 0.717) is 11.6 Å². The molecule has 4 heteroatoms. The van der Waals surface area contributed by atoms with Crippen molar-refractivity contribution in [2.75, 3.05) is 32.5 Å². The third-order valence-electron chi connectivity index (χ3n) is 3.86. The van der Waals surface area contributed by atoms with Gasteiger partial charge in [-0.25, -0.2) is 0 Å². The number of likely N-dealkylation sites (N-methyl/N-ethyl adjacent to an activating group) is 1. The lowest BCUT2D eigenvalue weighted by Crippen LogP contribution is -2.38. The molecule has 0 radical (unpaired) electrons. The van der Waals surface area contributed by atoms with Gasteiger partial charge in [0.05, 0.1) is 5.56 Å². The predicted octanol–water partition coefficient (Wildman–Crippen LogP) is 1.86. The summed E-state index contributed by atoms with van der Waals surface area (Å²) >= 11 is 0. The highest BCUT2D eigenvalue weighted by molar-refractivity contribution is 5.99. The Bertz CT molecular complexity index is 459. The number of amides is 1. The molecule has 4 nitrogen and oxygen atoms in total. The molecule has 1 atom stereocenters. The molecule has 0 bridgehead atoms. The molecule has 2 N–H and O–H groups in total. The van der Waals surface area contributed by atoms with Gasteiger partial charge in [-0.05, 0) is 51.1 Å². The zero-order valence-electron chi connectivity index (χ0n) is 12.0. The fourth-order valence-corrected chi connectivity index (χ4v) is 2.61. The first kappa shape index (κ1) is 13.9. The van der Waals surface area contributed by atoms with Crippen molar-refractivity contribution in [3.05, 3.63) is 29.3 Å². The summed E-state index contributed by atoms with van der Waals surface area (Å²) in [5.74, 6) is 0.00431. The number of nitrogens with zero attached hydrogens (tertiary/aromatic N) is 1. The maximum Gasteiger partial charge on any atom is 0.253 e. The molecule has 104 valence electrons. The largest absolute Gasteiger partial charge is 0.387 e. The molecule has 0 aromatic heterocycles. The zero-order valence-corrected chi connectivity index (χ0v) is 12.0. The van der Waals surface area contributed by atoms with E-state index in [9.17, 15) is 4.79 Å². The molecule has 1 aromatic rings. The van der Waals surface area contributed by atoms with Crippen LogP contribution in [0.3, 0.4) is 0 Å². The SMILES string of the molecule is CNc1cc(C)ccc1C(=O)NCC1CCCN1C. The highest BCUT2D eigenvalue weighted by Crippen LogP contribution is 2.18. The molecule has 1 heterocycles. The number of hydrogen-bond acceptors (Lipinski definition) is 3. The van der Waals surface area contributed by atoms with Crippen molar-refractivity contribution in [1.29, 1.82) is 0 Å². The van der Waals surface area contributed by atoms with E-state index >= 15 is 0 Å². The van der Waals surface area contributed by atoms with Crippen LogP contribution in [0.2, 0.25) is 0 Å². The van der Waals surface area contributed by atoms with E-state index in [1.807, 2.05) is 32.2 Å². The molecule has 1 saturated heterocycles. The van der Waals surface area contributed by atoms with Gasteiger partial charge in [-0.3, -0.25) is 4.79 Å². The van der Waals surface area contributed by atoms with Crippen LogP contribution < -0.4 is 10.6 Å². The van der Waals surface area contributed by atoms with E-state index in [2.05, 4.69) is 22.6 Å². The number of likely N-dealkylation sites (tertiary alicyclic amines) is 1. The van der Waals surface area contributed by atoms with Gasteiger partial charge in [0, 0.05) is 25.3 Å². The molecule has 0 saturated carbocycles. The van der Waals surface area contributed by atoms with Gasteiger partial charge in [0.1, 0.15) is 0 Å². The van der Waals surface area contributed by atoms with Crippen molar-refractivity contribution < 1.29 is 4.79 Å². The molecular formula is C15H23N3O. The Balaban J connectivity index is 1.99. The number of aryl methyl sites for hydroxylation is 1. The van der Waals surface area contributed by atoms with Crippen molar-refractivity contribution >= 4 is 11.6 Å². The lowest BCUT2D eigenvalue weighted by Gasteiger charge is -2.20. The summed E-state index contributed by atoms with van der Waals surface area (Å²) in [7, 11) is 3.96. The summed E-state index contributed by atoms with van der Waals surface area (Å²) in [5.41, 5.74) is 2.75. The van der Waals surface area contributed by atoms with Gasteiger partial charge >= 0.3 is 0 Å². The fraction of sp³-hybridized carbons (Fsp3) is 0.533. The minimum Gasteiger partial charge on any atom is -0.387 e. The molecule has 0 aliphatic carbocycles. The smallest absolute Gasteiger partial charge is 0.253 e. The number of carbonyl (C=O) groups is 1. The van der Waals surface area contributed by atoms with E-state index < -0.39 is 0 Å². The monoisotopic (exact) mass is 261 g/mol. The Hall–Kier alpha value is -1.55. The summed E-state index contributed by atoms with van der Waals surface area (Å²) in [5, 5.41) is 6.13. The maximum atomic E-state index is 12.2. The normalized spacial score (nSPS) is 19.4. The lowest BCUT2D eigenvalue weighted by atomic mass is 10.1. The van der Waals surface area contributed by atoms with Gasteiger partial charge in [0.2, 0.25) is 0 Å². The third kappa shape index (κ3) is 3.26. The Morgan fingerprint density at radius 1 is 1.47 bits per heavy atom. The molecule has 1 aliphatic rings. The quantitative estimate of drug-likeness (QED) is 0.869. The number of anilines is 1. The second kappa shape index (κ2) is 6.06. The van der Waals surface area contributed by atoms with Crippen LogP contribution in [0.1, 0.15) is 28.8 Å². The second-order valence-electron chi connectivity index (χ2n) is 5.29. The van der Waals surface area contributed by atoms with Crippen LogP contribution in [0.25, 0.3) is 0 Å². The van der Waals surface area contributed by atoms with E-state index in [4.69, 9.17) is 0 Å². The first-order chi connectivity index (χ1) is 9.11. The highest BCUT2D eigenvalue weighted by Gasteiger charge is 2.21. The minimum atomic E-state index is 0.00431. The average Bonchev–Trinajstić information content (AvgIpc) is 2.81. The molecule has 0 spiro atoms. The van der Waals surface area contributed by atoms with Gasteiger partial charge in [0.25, 0.3) is 5.91 Å². The Morgan fingerprint density at radius 3 is 2.89 bits per heavy atom. The van der Waals surface area contributed by atoms with Crippen LogP contribution in [-0.4, -0.2) is 44.0 Å². The molecule has 1 aliphatic heterocycles. The van der Waals surface area contributed by atoms with Gasteiger partial charge in [-0.15, -0.1) is 0 Å². The topological polar surface area (TPSA) is 44.4 Å². The van der Waals surface area contributed by atoms with Crippen molar-refractivity contribution in [3.63, 3.8) is 0 Å². The van der Waals surface area contributed by atoms with Gasteiger partial charge in [0.15, 0.2) is 0 Å². The molecule has 1 fully saturated rings. The number of carbonyl (C=O) groups excluding carboxylic acids is 1. The summed E-state index contributed by atoms with van der Waals surface area (Å²) in [6.07, 6.45) is 2.40. The minimum absolute atomic E-state index is 0.00431. The fourth-order valence-electron chi connectivity index (χ4n) is 2.61. The van der Waals surface area contributed by atoms with E-state index in [-0.39, 0.29) is 5.91 Å². The van der Waals surface area contributed by atoms with Crippen LogP contribution in [-0.2, 0) is 0 Å². The van der Waals surface area contributed by atoms with Crippen LogP contribution in [0, 0.1) is 6.92 Å². The van der Waals surface area contributed by atoms with Crippen LogP contribution in [0.5, 0.6) is 0 Å². The Morgan fingerprint density at radius 2 is 2.26 bits per heavy atom. The van der Waals surface area contributed by atoms with E-state index in [1.54, 1.807) is 0 Å². The van der Waals surface area contributed by atoms with Crippen LogP contribution in [0.15, 0.2) is 18.2 Å². The standard InChI is InChI=1S/C15H23N3O/c1-11-6-7-13(14(9-11)16-2)15(19)17-10-12-5-4-8-18(12)3/h6-7,9,12,16H,4-5,8,10H2,1-3H3,(H,17,19). The van der Waals surface area contributed by atoms with Gasteiger partial charge < -0.3 is 15.5 Å². The summed E-state index contributed by atoms with van der Waals surface area (Å²) < 4.78 is 0. The van der Waals surface area contributed by atoms with E-state index in [1.165, 1.54) is 12.8 Å². The third-order valence-corrected chi connectivity index (χ3v) is 3.86. The first-order valence-corrected chi connectivity index (χ1v) is 6.88. The Kier molecular flexibility index (Phi) is 4.43. The number of rotatable bonds is 4. The Labute approximate surface area is 115 Å². The maximum absolute atomic E-state index is 12.2. The van der Waals surface area contributed by atoms with Gasteiger partial charge in [-0.1, -0.05) is 6.07 Å². The lowest BCUT2D eigenvalue weighted by molar-refractivity contribution is 0.0944. The number of benzene rings is 1. The van der Waals surface area contributed by atoms with Crippen LogP contribution >= 0.6 is 0 Å². The molecular weight excluding hydrogens is 238 g/mol. The second-order valence-corrected chi connectivity index (χ2v) is 5.29. The van der Waals surface area contributed by atoms with E-state index in [0.717, 1.165) is 24.3 Å². The molecule has 1 aromatic carbocycles. The molecule has 19 heavy (non-hydrogen) atoms. The number of nitrogens with one attached hydrogen (secondary N) is 2. The van der Waals surface area contributed by atoms with Crippen molar-refractivity contribution in [2.24, 2.45) is 0 Å². The zero-order chi connectivity index (χ0) is 13.8. The number of hydrogen-bond donors (Lipinski definition) is 2. The van der Waals surface area contributed by atoms with Crippen LogP contribution in [0.4, 0.5) is 5.69 Å². The predicted molar refractivity (Wildman–Crippen MR) is 78.7 cm³/mol.